The number of aryl methyl sites for hydroxylation is 1. The quantitative estimate of drug-likeness (QED) is 0.695. The molecule has 1 heterocycles. The van der Waals surface area contributed by atoms with E-state index in [4.69, 9.17) is 4.98 Å². The van der Waals surface area contributed by atoms with E-state index in [-0.39, 0.29) is 6.61 Å². The molecule has 0 radical (unpaired) electrons. The Labute approximate surface area is 128 Å². The Morgan fingerprint density at radius 3 is 2.43 bits per heavy atom. The first-order chi connectivity index (χ1) is 10.2. The summed E-state index contributed by atoms with van der Waals surface area (Å²) >= 11 is 0. The third-order valence-electron chi connectivity index (χ3n) is 3.48. The second-order valence-corrected chi connectivity index (χ2v) is 5.28. The van der Waals surface area contributed by atoms with E-state index in [2.05, 4.69) is 42.9 Å². The van der Waals surface area contributed by atoms with Gasteiger partial charge in [-0.3, -0.25) is 0 Å². The Morgan fingerprint density at radius 1 is 1.10 bits per heavy atom. The van der Waals surface area contributed by atoms with E-state index in [0.717, 1.165) is 61.8 Å². The van der Waals surface area contributed by atoms with Crippen LogP contribution in [-0.4, -0.2) is 41.3 Å². The van der Waals surface area contributed by atoms with Gasteiger partial charge in [0.15, 0.2) is 0 Å². The fraction of sp³-hybridized carbons (Fsp3) is 0.750. The highest BCUT2D eigenvalue weighted by Crippen LogP contribution is 2.24. The third-order valence-corrected chi connectivity index (χ3v) is 3.48. The van der Waals surface area contributed by atoms with Gasteiger partial charge in [0.05, 0.1) is 6.61 Å². The van der Waals surface area contributed by atoms with Gasteiger partial charge in [-0.1, -0.05) is 27.2 Å². The fourth-order valence-corrected chi connectivity index (χ4v) is 2.22. The van der Waals surface area contributed by atoms with Gasteiger partial charge in [-0.25, -0.2) is 9.97 Å². The molecule has 1 rings (SSSR count). The molecule has 0 unspecified atom stereocenters. The van der Waals surface area contributed by atoms with Gasteiger partial charge in [0.25, 0.3) is 0 Å². The Morgan fingerprint density at radius 2 is 1.86 bits per heavy atom. The van der Waals surface area contributed by atoms with Crippen LogP contribution >= 0.6 is 0 Å². The minimum absolute atomic E-state index is 0.145. The lowest BCUT2D eigenvalue weighted by Gasteiger charge is -2.26. The van der Waals surface area contributed by atoms with Gasteiger partial charge in [0.1, 0.15) is 17.5 Å². The number of aliphatic hydroxyl groups is 1. The Hall–Kier alpha value is -1.36. The smallest absolute Gasteiger partial charge is 0.137 e. The number of rotatable bonds is 10. The zero-order chi connectivity index (χ0) is 15.7. The number of hydrogen-bond donors (Lipinski definition) is 2. The van der Waals surface area contributed by atoms with Crippen LogP contribution in [-0.2, 0) is 6.42 Å². The highest BCUT2D eigenvalue weighted by Gasteiger charge is 2.15. The SMILES string of the molecule is CCCCN(CCO)c1nc(CC)nc(NCCC)c1C. The summed E-state index contributed by atoms with van der Waals surface area (Å²) in [6, 6.07) is 0. The Balaban J connectivity index is 3.10. The second-order valence-electron chi connectivity index (χ2n) is 5.28. The highest BCUT2D eigenvalue weighted by molar-refractivity contribution is 5.58. The molecule has 1 aromatic rings. The number of anilines is 2. The molecule has 21 heavy (non-hydrogen) atoms. The summed E-state index contributed by atoms with van der Waals surface area (Å²) in [5.74, 6) is 2.75. The molecule has 1 aromatic heterocycles. The minimum Gasteiger partial charge on any atom is -0.395 e. The number of nitrogens with one attached hydrogen (secondary N) is 1. The van der Waals surface area contributed by atoms with E-state index < -0.39 is 0 Å². The van der Waals surface area contributed by atoms with Crippen LogP contribution in [0, 0.1) is 6.92 Å². The third kappa shape index (κ3) is 5.16. The topological polar surface area (TPSA) is 61.3 Å². The number of aromatic nitrogens is 2. The lowest BCUT2D eigenvalue weighted by Crippen LogP contribution is -2.30. The normalized spacial score (nSPS) is 10.7. The zero-order valence-corrected chi connectivity index (χ0v) is 13.9. The average molecular weight is 294 g/mol. The minimum atomic E-state index is 0.145. The van der Waals surface area contributed by atoms with Crippen molar-refractivity contribution in [1.29, 1.82) is 0 Å². The Kier molecular flexibility index (Phi) is 8.05. The maximum Gasteiger partial charge on any atom is 0.137 e. The van der Waals surface area contributed by atoms with Gasteiger partial charge >= 0.3 is 0 Å². The van der Waals surface area contributed by atoms with E-state index in [1.807, 2.05) is 0 Å². The van der Waals surface area contributed by atoms with Gasteiger partial charge in [0.2, 0.25) is 0 Å². The molecule has 5 nitrogen and oxygen atoms in total. The van der Waals surface area contributed by atoms with Crippen molar-refractivity contribution < 1.29 is 5.11 Å². The maximum atomic E-state index is 9.32. The summed E-state index contributed by atoms with van der Waals surface area (Å²) < 4.78 is 0. The molecular formula is C16H30N4O. The molecule has 0 bridgehead atoms. The predicted octanol–water partition coefficient (Wildman–Crippen LogP) is 2.77. The highest BCUT2D eigenvalue weighted by atomic mass is 16.3. The lowest BCUT2D eigenvalue weighted by molar-refractivity contribution is 0.301. The predicted molar refractivity (Wildman–Crippen MR) is 89.1 cm³/mol. The lowest BCUT2D eigenvalue weighted by atomic mass is 10.2. The monoisotopic (exact) mass is 294 g/mol. The molecule has 0 saturated heterocycles. The summed E-state index contributed by atoms with van der Waals surface area (Å²) in [7, 11) is 0. The largest absolute Gasteiger partial charge is 0.395 e. The summed E-state index contributed by atoms with van der Waals surface area (Å²) in [6.07, 6.45) is 4.11. The van der Waals surface area contributed by atoms with Gasteiger partial charge in [-0.2, -0.15) is 0 Å². The van der Waals surface area contributed by atoms with E-state index in [0.29, 0.717) is 6.54 Å². The fourth-order valence-electron chi connectivity index (χ4n) is 2.22. The zero-order valence-electron chi connectivity index (χ0n) is 13.9. The van der Waals surface area contributed by atoms with Crippen molar-refractivity contribution in [1.82, 2.24) is 9.97 Å². The molecule has 0 aromatic carbocycles. The van der Waals surface area contributed by atoms with Crippen LogP contribution in [0.1, 0.15) is 51.4 Å². The van der Waals surface area contributed by atoms with Crippen molar-refractivity contribution in [3.8, 4) is 0 Å². The molecule has 120 valence electrons. The van der Waals surface area contributed by atoms with Crippen LogP contribution in [0.3, 0.4) is 0 Å². The molecule has 2 N–H and O–H groups in total. The van der Waals surface area contributed by atoms with Crippen LogP contribution in [0.15, 0.2) is 0 Å². The summed E-state index contributed by atoms with van der Waals surface area (Å²) in [6.45, 7) is 11.0. The molecule has 0 saturated carbocycles. The van der Waals surface area contributed by atoms with Crippen LogP contribution in [0.4, 0.5) is 11.6 Å². The maximum absolute atomic E-state index is 9.32. The standard InChI is InChI=1S/C16H30N4O/c1-5-8-10-20(11-12-21)16-13(4)15(17-9-6-2)18-14(7-3)19-16/h21H,5-12H2,1-4H3,(H,17,18,19). The summed E-state index contributed by atoms with van der Waals surface area (Å²) in [5, 5.41) is 12.7. The number of nitrogens with zero attached hydrogens (tertiary/aromatic N) is 3. The first kappa shape index (κ1) is 17.7. The van der Waals surface area contributed by atoms with Crippen molar-refractivity contribution in [3.63, 3.8) is 0 Å². The van der Waals surface area contributed by atoms with Gasteiger partial charge in [-0.15, -0.1) is 0 Å². The summed E-state index contributed by atoms with van der Waals surface area (Å²) in [4.78, 5) is 11.5. The van der Waals surface area contributed by atoms with Crippen molar-refractivity contribution in [2.24, 2.45) is 0 Å². The Bertz CT molecular complexity index is 423. The average Bonchev–Trinajstić information content (AvgIpc) is 2.50. The molecule has 0 amide bonds. The molecular weight excluding hydrogens is 264 g/mol. The van der Waals surface area contributed by atoms with Crippen molar-refractivity contribution >= 4 is 11.6 Å². The molecule has 5 heteroatoms. The van der Waals surface area contributed by atoms with Crippen LogP contribution in [0.25, 0.3) is 0 Å². The van der Waals surface area contributed by atoms with E-state index in [1.165, 1.54) is 0 Å². The van der Waals surface area contributed by atoms with Crippen LogP contribution in [0.2, 0.25) is 0 Å². The molecule has 0 aliphatic carbocycles. The van der Waals surface area contributed by atoms with E-state index in [1.54, 1.807) is 0 Å². The number of hydrogen-bond acceptors (Lipinski definition) is 5. The van der Waals surface area contributed by atoms with Crippen LogP contribution in [0.5, 0.6) is 0 Å². The van der Waals surface area contributed by atoms with Gasteiger partial charge in [0, 0.05) is 31.6 Å². The molecule has 0 spiro atoms. The van der Waals surface area contributed by atoms with E-state index in [9.17, 15) is 5.11 Å². The summed E-state index contributed by atoms with van der Waals surface area (Å²) in [5.41, 5.74) is 1.07. The van der Waals surface area contributed by atoms with Gasteiger partial charge < -0.3 is 15.3 Å². The first-order valence-electron chi connectivity index (χ1n) is 8.15. The number of unbranched alkanes of at least 4 members (excludes halogenated alkanes) is 1. The molecule has 0 atom stereocenters. The molecule has 0 fully saturated rings. The molecule has 0 aliphatic rings. The van der Waals surface area contributed by atoms with Crippen molar-refractivity contribution in [2.45, 2.75) is 53.4 Å². The van der Waals surface area contributed by atoms with Gasteiger partial charge in [-0.05, 0) is 19.8 Å². The van der Waals surface area contributed by atoms with Crippen LogP contribution < -0.4 is 10.2 Å². The number of aliphatic hydroxyl groups excluding tert-OH is 1. The van der Waals surface area contributed by atoms with Crippen molar-refractivity contribution in [3.05, 3.63) is 11.4 Å². The van der Waals surface area contributed by atoms with E-state index >= 15 is 0 Å². The molecule has 0 aliphatic heterocycles. The van der Waals surface area contributed by atoms with Crippen molar-refractivity contribution in [2.75, 3.05) is 36.5 Å². The first-order valence-corrected chi connectivity index (χ1v) is 8.15. The second kappa shape index (κ2) is 9.55.